The van der Waals surface area contributed by atoms with Gasteiger partial charge in [0.2, 0.25) is 5.91 Å². The minimum atomic E-state index is -0.500. The number of piperidine rings is 1. The van der Waals surface area contributed by atoms with Gasteiger partial charge >= 0.3 is 0 Å². The Balaban J connectivity index is 1.74. The van der Waals surface area contributed by atoms with Crippen molar-refractivity contribution in [1.82, 2.24) is 15.2 Å². The highest BCUT2D eigenvalue weighted by Gasteiger charge is 2.33. The number of nitrogens with zero attached hydrogens (tertiary/aromatic N) is 3. The van der Waals surface area contributed by atoms with Gasteiger partial charge in [-0.25, -0.2) is 4.63 Å². The lowest BCUT2D eigenvalue weighted by Gasteiger charge is -2.39. The summed E-state index contributed by atoms with van der Waals surface area (Å²) in [6.45, 7) is 4.48. The zero-order chi connectivity index (χ0) is 17.1. The molecule has 0 radical (unpaired) electrons. The largest absolute Gasteiger partial charge is 0.391 e. The molecule has 6 nitrogen and oxygen atoms in total. The van der Waals surface area contributed by atoms with Crippen molar-refractivity contribution in [2.75, 3.05) is 6.54 Å². The second-order valence-electron chi connectivity index (χ2n) is 6.53. The minimum absolute atomic E-state index is 0.0374. The molecule has 0 saturated carbocycles. The average Bonchev–Trinajstić information content (AvgIpc) is 2.96. The number of likely N-dealkylation sites (tertiary alicyclic amines) is 1. The fourth-order valence-corrected chi connectivity index (χ4v) is 3.21. The molecule has 3 rings (SSSR count). The summed E-state index contributed by atoms with van der Waals surface area (Å²) in [5.74, 6) is -0.0374. The molecule has 0 aliphatic carbocycles. The van der Waals surface area contributed by atoms with E-state index < -0.39 is 6.10 Å². The second kappa shape index (κ2) is 7.13. The molecule has 24 heavy (non-hydrogen) atoms. The van der Waals surface area contributed by atoms with Crippen LogP contribution in [0.2, 0.25) is 0 Å². The molecule has 1 aromatic heterocycles. The van der Waals surface area contributed by atoms with Gasteiger partial charge in [-0.2, -0.15) is 0 Å². The molecule has 2 aromatic rings. The number of aliphatic hydroxyl groups is 1. The Hall–Kier alpha value is -2.21. The highest BCUT2D eigenvalue weighted by molar-refractivity contribution is 5.79. The molecule has 0 spiro atoms. The van der Waals surface area contributed by atoms with Gasteiger partial charge in [-0.05, 0) is 38.7 Å². The van der Waals surface area contributed by atoms with E-state index in [-0.39, 0.29) is 18.4 Å². The number of aliphatic hydroxyl groups excluding tert-OH is 1. The molecule has 1 N–H and O–H groups in total. The molecule has 6 heteroatoms. The number of aryl methyl sites for hydroxylation is 2. The van der Waals surface area contributed by atoms with Crippen LogP contribution in [0.5, 0.6) is 0 Å². The van der Waals surface area contributed by atoms with Crippen LogP contribution in [0.15, 0.2) is 28.9 Å². The Kier molecular flexibility index (Phi) is 4.94. The molecule has 128 valence electrons. The first-order valence-corrected chi connectivity index (χ1v) is 8.35. The van der Waals surface area contributed by atoms with Crippen molar-refractivity contribution in [1.29, 1.82) is 0 Å². The molecule has 1 fully saturated rings. The van der Waals surface area contributed by atoms with Crippen molar-refractivity contribution in [3.05, 3.63) is 46.8 Å². The molecule has 2 atom stereocenters. The van der Waals surface area contributed by atoms with E-state index in [1.54, 1.807) is 11.8 Å². The van der Waals surface area contributed by atoms with E-state index in [0.29, 0.717) is 24.4 Å². The summed E-state index contributed by atoms with van der Waals surface area (Å²) in [7, 11) is 0. The van der Waals surface area contributed by atoms with Crippen LogP contribution in [0.25, 0.3) is 0 Å². The van der Waals surface area contributed by atoms with E-state index in [9.17, 15) is 9.90 Å². The van der Waals surface area contributed by atoms with Crippen LogP contribution < -0.4 is 0 Å². The number of hydrogen-bond acceptors (Lipinski definition) is 5. The Morgan fingerprint density at radius 3 is 2.71 bits per heavy atom. The van der Waals surface area contributed by atoms with Crippen molar-refractivity contribution >= 4 is 5.91 Å². The Morgan fingerprint density at radius 1 is 1.29 bits per heavy atom. The molecule has 2 heterocycles. The second-order valence-corrected chi connectivity index (χ2v) is 6.53. The monoisotopic (exact) mass is 329 g/mol. The molecule has 0 unspecified atom stereocenters. The van der Waals surface area contributed by atoms with Crippen molar-refractivity contribution in [2.24, 2.45) is 0 Å². The fourth-order valence-electron chi connectivity index (χ4n) is 3.21. The molecule has 1 aromatic carbocycles. The summed E-state index contributed by atoms with van der Waals surface area (Å²) in [6, 6.07) is 8.03. The summed E-state index contributed by atoms with van der Waals surface area (Å²) in [5, 5.41) is 18.0. The van der Waals surface area contributed by atoms with Gasteiger partial charge in [-0.1, -0.05) is 40.1 Å². The van der Waals surface area contributed by atoms with Crippen LogP contribution in [0.3, 0.4) is 0 Å². The number of amides is 1. The van der Waals surface area contributed by atoms with Crippen molar-refractivity contribution < 1.29 is 14.5 Å². The highest BCUT2D eigenvalue weighted by Crippen LogP contribution is 2.23. The average molecular weight is 329 g/mol. The predicted octanol–water partition coefficient (Wildman–Crippen LogP) is 1.82. The number of carbonyl (C=O) groups is 1. The maximum absolute atomic E-state index is 12.7. The quantitative estimate of drug-likeness (QED) is 0.925. The van der Waals surface area contributed by atoms with Gasteiger partial charge in [0.15, 0.2) is 0 Å². The highest BCUT2D eigenvalue weighted by atomic mass is 16.6. The zero-order valence-corrected chi connectivity index (χ0v) is 14.1. The van der Waals surface area contributed by atoms with Crippen LogP contribution in [-0.2, 0) is 17.6 Å². The third-order valence-electron chi connectivity index (χ3n) is 4.69. The standard InChI is InChI=1S/C18H23N3O3/c1-12-5-7-14(8-6-12)10-16-17(22)4-3-9-21(16)18(23)11-15-13(2)19-24-20-15/h5-8,16-17,22H,3-4,9-11H2,1-2H3/t16-,17-/m0/s1. The number of carbonyl (C=O) groups excluding carboxylic acids is 1. The molecule has 1 aliphatic heterocycles. The SMILES string of the molecule is Cc1ccc(C[C@H]2[C@@H](O)CCCN2C(=O)Cc2nonc2C)cc1. The number of hydrogen-bond donors (Lipinski definition) is 1. The predicted molar refractivity (Wildman–Crippen MR) is 88.4 cm³/mol. The van der Waals surface area contributed by atoms with Crippen LogP contribution in [0.1, 0.15) is 35.4 Å². The molecular weight excluding hydrogens is 306 g/mol. The fraction of sp³-hybridized carbons (Fsp3) is 0.500. The van der Waals surface area contributed by atoms with Crippen LogP contribution in [0, 0.1) is 13.8 Å². The van der Waals surface area contributed by atoms with E-state index in [4.69, 9.17) is 0 Å². The first-order chi connectivity index (χ1) is 11.5. The lowest BCUT2D eigenvalue weighted by molar-refractivity contribution is -0.138. The Morgan fingerprint density at radius 2 is 2.04 bits per heavy atom. The number of rotatable bonds is 4. The summed E-state index contributed by atoms with van der Waals surface area (Å²) in [5.41, 5.74) is 3.53. The zero-order valence-electron chi connectivity index (χ0n) is 14.1. The van der Waals surface area contributed by atoms with E-state index in [1.165, 1.54) is 5.56 Å². The number of benzene rings is 1. The summed E-state index contributed by atoms with van der Waals surface area (Å²) in [6.07, 6.45) is 1.86. The summed E-state index contributed by atoms with van der Waals surface area (Å²) >= 11 is 0. The topological polar surface area (TPSA) is 79.5 Å². The third-order valence-corrected chi connectivity index (χ3v) is 4.69. The first-order valence-electron chi connectivity index (χ1n) is 8.35. The maximum Gasteiger partial charge on any atom is 0.229 e. The number of aromatic nitrogens is 2. The lowest BCUT2D eigenvalue weighted by Crippen LogP contribution is -2.52. The summed E-state index contributed by atoms with van der Waals surface area (Å²) in [4.78, 5) is 14.5. The molecule has 1 aliphatic rings. The van der Waals surface area contributed by atoms with Gasteiger partial charge in [0.05, 0.1) is 18.6 Å². The minimum Gasteiger partial charge on any atom is -0.391 e. The van der Waals surface area contributed by atoms with Gasteiger partial charge in [0.25, 0.3) is 0 Å². The maximum atomic E-state index is 12.7. The molecule has 0 bridgehead atoms. The van der Waals surface area contributed by atoms with Crippen LogP contribution >= 0.6 is 0 Å². The van der Waals surface area contributed by atoms with Gasteiger partial charge in [-0.15, -0.1) is 0 Å². The third kappa shape index (κ3) is 3.64. The Labute approximate surface area is 141 Å². The van der Waals surface area contributed by atoms with Crippen LogP contribution in [0.4, 0.5) is 0 Å². The van der Waals surface area contributed by atoms with E-state index in [1.807, 2.05) is 6.92 Å². The first kappa shape index (κ1) is 16.6. The van der Waals surface area contributed by atoms with Crippen molar-refractivity contribution in [3.8, 4) is 0 Å². The molecular formula is C18H23N3O3. The van der Waals surface area contributed by atoms with Crippen LogP contribution in [-0.4, -0.2) is 44.9 Å². The van der Waals surface area contributed by atoms with E-state index in [0.717, 1.165) is 18.4 Å². The lowest BCUT2D eigenvalue weighted by atomic mass is 9.92. The normalized spacial score (nSPS) is 21.0. The molecule has 1 saturated heterocycles. The Bertz CT molecular complexity index is 696. The van der Waals surface area contributed by atoms with Crippen molar-refractivity contribution in [2.45, 2.75) is 51.7 Å². The van der Waals surface area contributed by atoms with Gasteiger partial charge in [0.1, 0.15) is 11.4 Å². The van der Waals surface area contributed by atoms with Gasteiger partial charge < -0.3 is 10.0 Å². The smallest absolute Gasteiger partial charge is 0.229 e. The molecule has 1 amide bonds. The van der Waals surface area contributed by atoms with E-state index in [2.05, 4.69) is 39.2 Å². The summed E-state index contributed by atoms with van der Waals surface area (Å²) < 4.78 is 4.67. The van der Waals surface area contributed by atoms with E-state index >= 15 is 0 Å². The van der Waals surface area contributed by atoms with Gasteiger partial charge in [-0.3, -0.25) is 4.79 Å². The van der Waals surface area contributed by atoms with Gasteiger partial charge in [0, 0.05) is 6.54 Å². The van der Waals surface area contributed by atoms with Crippen molar-refractivity contribution in [3.63, 3.8) is 0 Å².